The van der Waals surface area contributed by atoms with Crippen molar-refractivity contribution in [2.45, 2.75) is 32.9 Å². The van der Waals surface area contributed by atoms with Crippen LogP contribution in [0.4, 0.5) is 8.78 Å². The average molecular weight is 395 g/mol. The molecule has 0 saturated heterocycles. The molecule has 3 rings (SSSR count). The van der Waals surface area contributed by atoms with Crippen molar-refractivity contribution < 1.29 is 13.5 Å². The molecule has 3 aromatic rings. The second-order valence-electron chi connectivity index (χ2n) is 7.33. The lowest BCUT2D eigenvalue weighted by Gasteiger charge is -2.22. The maximum atomic E-state index is 13.9. The summed E-state index contributed by atoms with van der Waals surface area (Å²) in [5, 5.41) is 3.50. The first-order valence-electron chi connectivity index (χ1n) is 9.87. The Labute approximate surface area is 171 Å². The lowest BCUT2D eigenvalue weighted by molar-refractivity contribution is 0.101. The maximum absolute atomic E-state index is 13.9. The molecule has 1 N–H and O–H groups in total. The zero-order valence-electron chi connectivity index (χ0n) is 16.9. The Bertz CT molecular complexity index is 887. The summed E-state index contributed by atoms with van der Waals surface area (Å²) >= 11 is 0. The molecule has 0 heterocycles. The molecular formula is C25H27F2NO. The molecule has 0 aliphatic carbocycles. The second-order valence-corrected chi connectivity index (χ2v) is 7.33. The fourth-order valence-corrected chi connectivity index (χ4v) is 3.68. The van der Waals surface area contributed by atoms with Gasteiger partial charge in [-0.1, -0.05) is 54.6 Å². The molecule has 0 fully saturated rings. The van der Waals surface area contributed by atoms with E-state index >= 15 is 0 Å². The highest BCUT2D eigenvalue weighted by Gasteiger charge is 2.17. The van der Waals surface area contributed by atoms with Gasteiger partial charge >= 0.3 is 0 Å². The first-order chi connectivity index (χ1) is 14.1. The van der Waals surface area contributed by atoms with Gasteiger partial charge in [-0.3, -0.25) is 0 Å². The number of halogens is 2. The zero-order chi connectivity index (χ0) is 20.6. The van der Waals surface area contributed by atoms with Crippen LogP contribution in [0.25, 0.3) is 0 Å². The molecular weight excluding hydrogens is 368 g/mol. The molecule has 0 spiro atoms. The Hall–Kier alpha value is -2.56. The van der Waals surface area contributed by atoms with Crippen LogP contribution in [0.15, 0.2) is 66.7 Å². The van der Waals surface area contributed by atoms with E-state index < -0.39 is 11.6 Å². The van der Waals surface area contributed by atoms with Crippen LogP contribution in [0.2, 0.25) is 0 Å². The fourth-order valence-electron chi connectivity index (χ4n) is 3.68. The molecule has 0 aromatic heterocycles. The molecule has 0 aliphatic rings. The highest BCUT2D eigenvalue weighted by atomic mass is 19.1. The third-order valence-electron chi connectivity index (χ3n) is 5.14. The Morgan fingerprint density at radius 3 is 2.10 bits per heavy atom. The summed E-state index contributed by atoms with van der Waals surface area (Å²) in [5.74, 6) is -1.07. The van der Waals surface area contributed by atoms with Gasteiger partial charge in [-0.2, -0.15) is 0 Å². The van der Waals surface area contributed by atoms with Crippen molar-refractivity contribution in [3.63, 3.8) is 0 Å². The molecule has 0 radical (unpaired) electrons. The summed E-state index contributed by atoms with van der Waals surface area (Å²) in [6, 6.07) is 20.3. The lowest BCUT2D eigenvalue weighted by atomic mass is 9.91. The van der Waals surface area contributed by atoms with Gasteiger partial charge < -0.3 is 10.1 Å². The predicted octanol–water partition coefficient (Wildman–Crippen LogP) is 5.67. The van der Waals surface area contributed by atoms with Crippen LogP contribution in [0.5, 0.6) is 0 Å². The van der Waals surface area contributed by atoms with Crippen LogP contribution < -0.4 is 5.32 Å². The van der Waals surface area contributed by atoms with Crippen LogP contribution >= 0.6 is 0 Å². The van der Waals surface area contributed by atoms with E-state index in [9.17, 15) is 8.78 Å². The largest absolute Gasteiger partial charge is 0.376 e. The van der Waals surface area contributed by atoms with E-state index in [1.54, 1.807) is 0 Å². The Balaban J connectivity index is 1.69. The van der Waals surface area contributed by atoms with Gasteiger partial charge in [0.25, 0.3) is 0 Å². The van der Waals surface area contributed by atoms with Gasteiger partial charge in [0.2, 0.25) is 0 Å². The number of benzene rings is 3. The van der Waals surface area contributed by atoms with Crippen LogP contribution in [0, 0.1) is 25.5 Å². The predicted molar refractivity (Wildman–Crippen MR) is 113 cm³/mol. The van der Waals surface area contributed by atoms with Gasteiger partial charge in [0.15, 0.2) is 0 Å². The number of rotatable bonds is 9. The normalized spacial score (nSPS) is 12.1. The van der Waals surface area contributed by atoms with Crippen molar-refractivity contribution >= 4 is 0 Å². The van der Waals surface area contributed by atoms with Gasteiger partial charge in [-0.15, -0.1) is 0 Å². The summed E-state index contributed by atoms with van der Waals surface area (Å²) < 4.78 is 33.6. The molecule has 3 aromatic carbocycles. The molecule has 0 saturated carbocycles. The summed E-state index contributed by atoms with van der Waals surface area (Å²) in [7, 11) is 0. The minimum Gasteiger partial charge on any atom is -0.376 e. The van der Waals surface area contributed by atoms with Crippen molar-refractivity contribution in [1.82, 2.24) is 5.32 Å². The average Bonchev–Trinajstić information content (AvgIpc) is 2.70. The summed E-state index contributed by atoms with van der Waals surface area (Å²) in [5.41, 5.74) is 4.79. The fraction of sp³-hybridized carbons (Fsp3) is 0.280. The first-order valence-corrected chi connectivity index (χ1v) is 9.87. The van der Waals surface area contributed by atoms with E-state index in [-0.39, 0.29) is 18.1 Å². The number of nitrogens with one attached hydrogen (secondary N) is 1. The monoisotopic (exact) mass is 395 g/mol. The minimum absolute atomic E-state index is 0.0231. The maximum Gasteiger partial charge on any atom is 0.131 e. The van der Waals surface area contributed by atoms with Gasteiger partial charge in [0.1, 0.15) is 11.6 Å². The van der Waals surface area contributed by atoms with Gasteiger partial charge in [0.05, 0.1) is 13.2 Å². The topological polar surface area (TPSA) is 21.3 Å². The van der Waals surface area contributed by atoms with Crippen LogP contribution in [-0.4, -0.2) is 13.2 Å². The molecule has 29 heavy (non-hydrogen) atoms. The smallest absolute Gasteiger partial charge is 0.131 e. The number of hydrogen-bond acceptors (Lipinski definition) is 2. The quantitative estimate of drug-likeness (QED) is 0.504. The van der Waals surface area contributed by atoms with Crippen molar-refractivity contribution in [3.8, 4) is 0 Å². The van der Waals surface area contributed by atoms with E-state index in [4.69, 9.17) is 4.74 Å². The molecule has 152 valence electrons. The van der Waals surface area contributed by atoms with Gasteiger partial charge in [-0.05, 0) is 48.2 Å². The Morgan fingerprint density at radius 2 is 1.45 bits per heavy atom. The van der Waals surface area contributed by atoms with Crippen LogP contribution in [-0.2, 0) is 17.9 Å². The van der Waals surface area contributed by atoms with Crippen LogP contribution in [0.1, 0.15) is 33.7 Å². The number of ether oxygens (including phenoxy) is 1. The van der Waals surface area contributed by atoms with E-state index in [1.165, 1.54) is 40.5 Å². The van der Waals surface area contributed by atoms with E-state index in [2.05, 4.69) is 43.4 Å². The Kier molecular flexibility index (Phi) is 7.50. The van der Waals surface area contributed by atoms with Gasteiger partial charge in [-0.25, -0.2) is 8.78 Å². The second kappa shape index (κ2) is 10.3. The van der Waals surface area contributed by atoms with Crippen molar-refractivity contribution in [3.05, 3.63) is 106 Å². The molecule has 1 atom stereocenters. The summed E-state index contributed by atoms with van der Waals surface area (Å²) in [6.45, 7) is 5.93. The van der Waals surface area contributed by atoms with Crippen molar-refractivity contribution in [2.75, 3.05) is 13.2 Å². The summed E-state index contributed by atoms with van der Waals surface area (Å²) in [4.78, 5) is 0. The van der Waals surface area contributed by atoms with Crippen molar-refractivity contribution in [1.29, 1.82) is 0 Å². The highest BCUT2D eigenvalue weighted by molar-refractivity contribution is 5.37. The third-order valence-corrected chi connectivity index (χ3v) is 5.14. The lowest BCUT2D eigenvalue weighted by Crippen LogP contribution is -2.25. The van der Waals surface area contributed by atoms with E-state index in [0.29, 0.717) is 13.2 Å². The SMILES string of the molecule is Cc1cccc(C)c1C(CNCc1ccccc1)COCc1c(F)cccc1F. The summed E-state index contributed by atoms with van der Waals surface area (Å²) in [6.07, 6.45) is 0. The first kappa shape index (κ1) is 21.2. The number of hydrogen-bond donors (Lipinski definition) is 1. The molecule has 4 heteroatoms. The molecule has 0 aliphatic heterocycles. The van der Waals surface area contributed by atoms with Crippen molar-refractivity contribution in [2.24, 2.45) is 0 Å². The Morgan fingerprint density at radius 1 is 0.828 bits per heavy atom. The van der Waals surface area contributed by atoms with Crippen LogP contribution in [0.3, 0.4) is 0 Å². The molecule has 0 amide bonds. The molecule has 0 bridgehead atoms. The van der Waals surface area contributed by atoms with Gasteiger partial charge in [0, 0.05) is 24.6 Å². The standard InChI is InChI=1S/C25H27F2NO/c1-18-8-6-9-19(2)25(18)21(15-28-14-20-10-4-3-5-11-20)16-29-17-22-23(26)12-7-13-24(22)27/h3-13,21,28H,14-17H2,1-2H3. The number of aryl methyl sites for hydroxylation is 2. The van der Waals surface area contributed by atoms with E-state index in [1.807, 2.05) is 24.3 Å². The van der Waals surface area contributed by atoms with E-state index in [0.717, 1.165) is 6.54 Å². The highest BCUT2D eigenvalue weighted by Crippen LogP contribution is 2.25. The molecule has 2 nitrogen and oxygen atoms in total. The third kappa shape index (κ3) is 5.72. The molecule has 1 unspecified atom stereocenters. The minimum atomic E-state index is -0.573. The zero-order valence-corrected chi connectivity index (χ0v) is 16.9.